The van der Waals surface area contributed by atoms with E-state index in [4.69, 9.17) is 20.6 Å². The van der Waals surface area contributed by atoms with Crippen molar-refractivity contribution in [2.24, 2.45) is 0 Å². The number of hydrogen-bond acceptors (Lipinski definition) is 5. The fourth-order valence-corrected chi connectivity index (χ4v) is 0.156. The van der Waals surface area contributed by atoms with Crippen LogP contribution in [0.3, 0.4) is 0 Å². The van der Waals surface area contributed by atoms with Crippen LogP contribution in [-0.4, -0.2) is 38.1 Å². The van der Waals surface area contributed by atoms with E-state index in [1.54, 1.807) is 0 Å². The molecular weight excluding hydrogens is 132 g/mol. The third kappa shape index (κ3) is 2.24. The number of aliphatic hydroxyl groups excluding tert-OH is 1. The van der Waals surface area contributed by atoms with Gasteiger partial charge in [-0.05, 0) is 0 Å². The van der Waals surface area contributed by atoms with E-state index in [0.717, 1.165) is 5.48 Å². The number of nitrogens with zero attached hydrogens (tertiary/aromatic N) is 1. The molecule has 0 aromatic heterocycles. The highest BCUT2D eigenvalue weighted by Gasteiger charge is 2.15. The Bertz CT molecular complexity index is 103. The highest BCUT2D eigenvalue weighted by atomic mass is 16.6. The van der Waals surface area contributed by atoms with Crippen LogP contribution in [-0.2, 0) is 0 Å². The van der Waals surface area contributed by atoms with Gasteiger partial charge in [-0.2, -0.15) is 0 Å². The van der Waals surface area contributed by atoms with Gasteiger partial charge in [0.1, 0.15) is 0 Å². The van der Waals surface area contributed by atoms with Crippen LogP contribution in [0.15, 0.2) is 0 Å². The van der Waals surface area contributed by atoms with Crippen molar-refractivity contribution in [1.82, 2.24) is 10.5 Å². The summed E-state index contributed by atoms with van der Waals surface area (Å²) in [6, 6.07) is -1.43. The number of rotatable bonds is 1. The molecule has 7 nitrogen and oxygen atoms in total. The van der Waals surface area contributed by atoms with E-state index in [9.17, 15) is 4.79 Å². The summed E-state index contributed by atoms with van der Waals surface area (Å²) in [7, 11) is 0. The molecular formula is C2H6N2O5. The van der Waals surface area contributed by atoms with Gasteiger partial charge in [-0.15, -0.1) is 5.06 Å². The maximum Gasteiger partial charge on any atom is 0.369 e. The smallest absolute Gasteiger partial charge is 0.350 e. The fraction of sp³-hybridized carbons (Fsp3) is 0.500. The van der Waals surface area contributed by atoms with Crippen molar-refractivity contribution < 1.29 is 25.4 Å². The zero-order valence-corrected chi connectivity index (χ0v) is 4.22. The number of nitrogens with one attached hydrogen (secondary N) is 1. The van der Waals surface area contributed by atoms with E-state index < -0.39 is 17.5 Å². The first-order valence-corrected chi connectivity index (χ1v) is 1.88. The van der Waals surface area contributed by atoms with Crippen LogP contribution < -0.4 is 5.48 Å². The first-order valence-electron chi connectivity index (χ1n) is 1.88. The number of urea groups is 1. The third-order valence-electron chi connectivity index (χ3n) is 0.522. The molecule has 0 aliphatic heterocycles. The summed E-state index contributed by atoms with van der Waals surface area (Å²) >= 11 is 0. The molecule has 5 N–H and O–H groups in total. The van der Waals surface area contributed by atoms with Crippen LogP contribution in [0.4, 0.5) is 4.79 Å². The Hall–Kier alpha value is -0.890. The molecule has 0 bridgehead atoms. The van der Waals surface area contributed by atoms with Crippen molar-refractivity contribution in [2.45, 2.75) is 6.41 Å². The summed E-state index contributed by atoms with van der Waals surface area (Å²) in [5.74, 6) is 0. The van der Waals surface area contributed by atoms with Crippen molar-refractivity contribution in [3.63, 3.8) is 0 Å². The van der Waals surface area contributed by atoms with E-state index in [-0.39, 0.29) is 0 Å². The molecule has 0 heterocycles. The molecule has 0 spiro atoms. The predicted molar refractivity (Wildman–Crippen MR) is 22.2 cm³/mol. The van der Waals surface area contributed by atoms with Crippen molar-refractivity contribution in [3.05, 3.63) is 0 Å². The summed E-state index contributed by atoms with van der Waals surface area (Å²) in [6.45, 7) is 0. The van der Waals surface area contributed by atoms with Crippen molar-refractivity contribution in [3.8, 4) is 0 Å². The average Bonchev–Trinajstić information content (AvgIpc) is 1.84. The number of carbonyl (C=O) groups is 1. The zero-order valence-electron chi connectivity index (χ0n) is 4.22. The van der Waals surface area contributed by atoms with Crippen LogP contribution in [0.25, 0.3) is 0 Å². The molecule has 9 heavy (non-hydrogen) atoms. The number of carbonyl (C=O) groups excluding carboxylic acids is 1. The lowest BCUT2D eigenvalue weighted by atomic mass is 10.9. The van der Waals surface area contributed by atoms with E-state index >= 15 is 0 Å². The molecule has 0 saturated heterocycles. The lowest BCUT2D eigenvalue weighted by Gasteiger charge is -2.13. The lowest BCUT2D eigenvalue weighted by Crippen LogP contribution is -2.42. The second kappa shape index (κ2) is 3.20. The number of amides is 2. The van der Waals surface area contributed by atoms with Crippen LogP contribution in [0.2, 0.25) is 0 Å². The van der Waals surface area contributed by atoms with Crippen LogP contribution >= 0.6 is 0 Å². The first kappa shape index (κ1) is 8.11. The molecule has 0 aliphatic rings. The van der Waals surface area contributed by atoms with E-state index in [1.807, 2.05) is 0 Å². The Morgan fingerprint density at radius 3 is 2.11 bits per heavy atom. The van der Waals surface area contributed by atoms with Crippen LogP contribution in [0, 0.1) is 0 Å². The average molecular weight is 138 g/mol. The molecule has 7 heteroatoms. The third-order valence-corrected chi connectivity index (χ3v) is 0.522. The topological polar surface area (TPSA) is 113 Å². The molecule has 54 valence electrons. The predicted octanol–water partition coefficient (Wildman–Crippen LogP) is -1.96. The minimum absolute atomic E-state index is 0.500. The molecule has 0 aliphatic carbocycles. The minimum Gasteiger partial charge on any atom is -0.350 e. The second-order valence-electron chi connectivity index (χ2n) is 1.11. The highest BCUT2D eigenvalue weighted by Crippen LogP contribution is 1.85. The molecule has 0 rings (SSSR count). The first-order chi connectivity index (χ1) is 4.09. The quantitative estimate of drug-likeness (QED) is 0.164. The Morgan fingerprint density at radius 2 is 2.00 bits per heavy atom. The van der Waals surface area contributed by atoms with Gasteiger partial charge in [0, 0.05) is 0 Å². The van der Waals surface area contributed by atoms with Gasteiger partial charge >= 0.3 is 6.03 Å². The van der Waals surface area contributed by atoms with E-state index in [1.165, 1.54) is 0 Å². The van der Waals surface area contributed by atoms with Gasteiger partial charge in [0.05, 0.1) is 0 Å². The second-order valence-corrected chi connectivity index (χ2v) is 1.11. The molecule has 0 radical (unpaired) electrons. The normalized spacial score (nSPS) is 9.44. The molecule has 0 unspecified atom stereocenters. The summed E-state index contributed by atoms with van der Waals surface area (Å²) in [5.41, 5.74) is 0.963. The highest BCUT2D eigenvalue weighted by molar-refractivity contribution is 5.71. The lowest BCUT2D eigenvalue weighted by molar-refractivity contribution is -0.249. The van der Waals surface area contributed by atoms with Crippen LogP contribution in [0.5, 0.6) is 0 Å². The maximum atomic E-state index is 9.95. The Balaban J connectivity index is 3.72. The van der Waals surface area contributed by atoms with Gasteiger partial charge in [0.2, 0.25) is 0 Å². The number of hydroxylamine groups is 3. The van der Waals surface area contributed by atoms with Crippen molar-refractivity contribution >= 4 is 6.03 Å². The summed E-state index contributed by atoms with van der Waals surface area (Å²) < 4.78 is 0. The summed E-state index contributed by atoms with van der Waals surface area (Å²) in [5, 5.41) is 31.4. The van der Waals surface area contributed by atoms with Crippen molar-refractivity contribution in [1.29, 1.82) is 0 Å². The Kier molecular flexibility index (Phi) is 2.88. The Labute approximate surface area is 49.7 Å². The van der Waals surface area contributed by atoms with Gasteiger partial charge in [0.25, 0.3) is 6.41 Å². The van der Waals surface area contributed by atoms with Gasteiger partial charge in [-0.1, -0.05) is 0 Å². The van der Waals surface area contributed by atoms with Gasteiger partial charge in [-0.25, -0.2) is 10.3 Å². The van der Waals surface area contributed by atoms with Gasteiger partial charge in [0.15, 0.2) is 0 Å². The summed E-state index contributed by atoms with van der Waals surface area (Å²) in [4.78, 5) is 9.95. The standard InChI is InChI=1S/C2H6N2O5/c5-1(3-8)4(9)2(6)7/h2,6-9H,(H,3,5). The molecule has 0 aromatic rings. The molecule has 0 atom stereocenters. The monoisotopic (exact) mass is 138 g/mol. The molecule has 0 fully saturated rings. The largest absolute Gasteiger partial charge is 0.369 e. The molecule has 0 saturated carbocycles. The van der Waals surface area contributed by atoms with Crippen LogP contribution in [0.1, 0.15) is 0 Å². The van der Waals surface area contributed by atoms with Crippen molar-refractivity contribution in [2.75, 3.05) is 0 Å². The minimum atomic E-state index is -2.34. The molecule has 2 amide bonds. The van der Waals surface area contributed by atoms with Gasteiger partial charge in [-0.3, -0.25) is 10.4 Å². The van der Waals surface area contributed by atoms with E-state index in [2.05, 4.69) is 0 Å². The van der Waals surface area contributed by atoms with Gasteiger partial charge < -0.3 is 10.2 Å². The zero-order chi connectivity index (χ0) is 7.44. The Morgan fingerprint density at radius 1 is 1.56 bits per heavy atom. The fourth-order valence-electron chi connectivity index (χ4n) is 0.156. The summed E-state index contributed by atoms with van der Waals surface area (Å²) in [6.07, 6.45) is -2.34. The SMILES string of the molecule is O=C(NO)N(O)C(O)O. The number of aliphatic hydroxyl groups is 2. The maximum absolute atomic E-state index is 9.95. The number of hydrogen-bond donors (Lipinski definition) is 5. The van der Waals surface area contributed by atoms with E-state index in [0.29, 0.717) is 0 Å². The molecule has 0 aromatic carbocycles.